The number of aromatic amines is 1. The summed E-state index contributed by atoms with van der Waals surface area (Å²) in [5.41, 5.74) is 3.38. The van der Waals surface area contributed by atoms with Crippen LogP contribution in [0.3, 0.4) is 0 Å². The second kappa shape index (κ2) is 4.46. The number of carbonyl (C=O) groups is 1. The van der Waals surface area contributed by atoms with E-state index in [1.165, 1.54) is 0 Å². The topological polar surface area (TPSA) is 57.8 Å². The number of rotatable bonds is 2. The number of hydrogen-bond donors (Lipinski definition) is 2. The fraction of sp³-hybridized carbons (Fsp3) is 0.231. The number of nitrogens with zero attached hydrogens (tertiary/aromatic N) is 1. The van der Waals surface area contributed by atoms with Gasteiger partial charge in [0.15, 0.2) is 5.69 Å². The number of carbonyl (C=O) groups excluding carboxylic acids is 1. The Labute approximate surface area is 109 Å². The molecule has 92 valence electrons. The number of H-pyrrole nitrogens is 1. The molecule has 1 aliphatic carbocycles. The predicted octanol–water partition coefficient (Wildman–Crippen LogP) is 2.80. The van der Waals surface area contributed by atoms with Gasteiger partial charge < -0.3 is 5.32 Å². The van der Waals surface area contributed by atoms with Crippen LogP contribution >= 0.6 is 11.6 Å². The van der Waals surface area contributed by atoms with E-state index < -0.39 is 0 Å². The van der Waals surface area contributed by atoms with Gasteiger partial charge in [0.05, 0.1) is 0 Å². The SMILES string of the molecule is O=C(Nc1ccc(Cl)cc1)c1n[nH]c2c1CCC2. The third-order valence-electron chi connectivity index (χ3n) is 3.12. The summed E-state index contributed by atoms with van der Waals surface area (Å²) in [5.74, 6) is -0.170. The third-order valence-corrected chi connectivity index (χ3v) is 3.38. The summed E-state index contributed by atoms with van der Waals surface area (Å²) < 4.78 is 0. The fourth-order valence-corrected chi connectivity index (χ4v) is 2.36. The van der Waals surface area contributed by atoms with Crippen LogP contribution in [0.2, 0.25) is 5.02 Å². The minimum Gasteiger partial charge on any atom is -0.321 e. The third kappa shape index (κ3) is 1.99. The minimum atomic E-state index is -0.170. The first-order valence-corrected chi connectivity index (χ1v) is 6.25. The van der Waals surface area contributed by atoms with E-state index >= 15 is 0 Å². The van der Waals surface area contributed by atoms with Gasteiger partial charge in [0.2, 0.25) is 0 Å². The molecule has 1 aromatic heterocycles. The zero-order chi connectivity index (χ0) is 12.5. The first-order chi connectivity index (χ1) is 8.74. The molecular weight excluding hydrogens is 250 g/mol. The van der Waals surface area contributed by atoms with Gasteiger partial charge in [0, 0.05) is 22.0 Å². The average molecular weight is 262 g/mol. The lowest BCUT2D eigenvalue weighted by molar-refractivity contribution is 0.102. The monoisotopic (exact) mass is 261 g/mol. The van der Waals surface area contributed by atoms with Crippen molar-refractivity contribution < 1.29 is 4.79 Å². The first kappa shape index (κ1) is 11.3. The molecule has 5 heteroatoms. The Hall–Kier alpha value is -1.81. The fourth-order valence-electron chi connectivity index (χ4n) is 2.23. The molecule has 2 N–H and O–H groups in total. The highest BCUT2D eigenvalue weighted by atomic mass is 35.5. The van der Waals surface area contributed by atoms with Crippen LogP contribution in [0.1, 0.15) is 28.2 Å². The predicted molar refractivity (Wildman–Crippen MR) is 70.0 cm³/mol. The van der Waals surface area contributed by atoms with Crippen LogP contribution in [0.25, 0.3) is 0 Å². The maximum absolute atomic E-state index is 12.1. The Morgan fingerprint density at radius 2 is 2.06 bits per heavy atom. The second-order valence-electron chi connectivity index (χ2n) is 4.34. The molecule has 1 heterocycles. The van der Waals surface area contributed by atoms with Crippen molar-refractivity contribution >= 4 is 23.2 Å². The summed E-state index contributed by atoms with van der Waals surface area (Å²) in [6.07, 6.45) is 3.00. The number of hydrogen-bond acceptors (Lipinski definition) is 2. The quantitative estimate of drug-likeness (QED) is 0.873. The van der Waals surface area contributed by atoms with Crippen LogP contribution in [0.5, 0.6) is 0 Å². The molecule has 0 saturated carbocycles. The Kier molecular flexibility index (Phi) is 2.80. The Balaban J connectivity index is 1.80. The van der Waals surface area contributed by atoms with Crippen molar-refractivity contribution in [2.75, 3.05) is 5.32 Å². The summed E-state index contributed by atoms with van der Waals surface area (Å²) in [4.78, 5) is 12.1. The van der Waals surface area contributed by atoms with Gasteiger partial charge in [-0.25, -0.2) is 0 Å². The molecule has 4 nitrogen and oxygen atoms in total. The van der Waals surface area contributed by atoms with Crippen molar-refractivity contribution in [3.63, 3.8) is 0 Å². The smallest absolute Gasteiger partial charge is 0.276 e. The molecule has 1 aromatic carbocycles. The van der Waals surface area contributed by atoms with Crippen LogP contribution in [0, 0.1) is 0 Å². The van der Waals surface area contributed by atoms with Crippen molar-refractivity contribution in [1.82, 2.24) is 10.2 Å². The molecular formula is C13H12ClN3O. The van der Waals surface area contributed by atoms with Crippen LogP contribution in [-0.4, -0.2) is 16.1 Å². The van der Waals surface area contributed by atoms with E-state index in [4.69, 9.17) is 11.6 Å². The van der Waals surface area contributed by atoms with E-state index in [9.17, 15) is 4.79 Å². The Morgan fingerprint density at radius 1 is 1.28 bits per heavy atom. The summed E-state index contributed by atoms with van der Waals surface area (Å²) in [6.45, 7) is 0. The number of nitrogens with one attached hydrogen (secondary N) is 2. The largest absolute Gasteiger partial charge is 0.321 e. The highest BCUT2D eigenvalue weighted by Gasteiger charge is 2.22. The molecule has 1 amide bonds. The first-order valence-electron chi connectivity index (χ1n) is 5.87. The number of amides is 1. The summed E-state index contributed by atoms with van der Waals surface area (Å²) in [7, 11) is 0. The molecule has 0 spiro atoms. The van der Waals surface area contributed by atoms with Crippen LogP contribution in [-0.2, 0) is 12.8 Å². The van der Waals surface area contributed by atoms with Crippen molar-refractivity contribution in [1.29, 1.82) is 0 Å². The number of anilines is 1. The molecule has 3 rings (SSSR count). The van der Waals surface area contributed by atoms with E-state index in [1.807, 2.05) is 0 Å². The highest BCUT2D eigenvalue weighted by molar-refractivity contribution is 6.30. The Morgan fingerprint density at radius 3 is 2.83 bits per heavy atom. The van der Waals surface area contributed by atoms with Gasteiger partial charge in [0.1, 0.15) is 0 Å². The zero-order valence-electron chi connectivity index (χ0n) is 9.66. The zero-order valence-corrected chi connectivity index (χ0v) is 10.4. The van der Waals surface area contributed by atoms with Gasteiger partial charge in [-0.1, -0.05) is 11.6 Å². The van der Waals surface area contributed by atoms with Crippen molar-refractivity contribution in [2.45, 2.75) is 19.3 Å². The minimum absolute atomic E-state index is 0.170. The maximum atomic E-state index is 12.1. The number of halogens is 1. The van der Waals surface area contributed by atoms with Gasteiger partial charge in [-0.05, 0) is 43.5 Å². The Bertz CT molecular complexity index is 589. The van der Waals surface area contributed by atoms with Gasteiger partial charge in [-0.3, -0.25) is 9.89 Å². The normalized spacial score (nSPS) is 13.4. The molecule has 0 saturated heterocycles. The molecule has 2 aromatic rings. The standard InChI is InChI=1S/C13H12ClN3O/c14-8-4-6-9(7-5-8)15-13(18)12-10-2-1-3-11(10)16-17-12/h4-7H,1-3H2,(H,15,18)(H,16,17). The lowest BCUT2D eigenvalue weighted by Crippen LogP contribution is -2.14. The van der Waals surface area contributed by atoms with Gasteiger partial charge in [0.25, 0.3) is 5.91 Å². The van der Waals surface area contributed by atoms with Gasteiger partial charge in [-0.15, -0.1) is 0 Å². The lowest BCUT2D eigenvalue weighted by atomic mass is 10.2. The molecule has 0 unspecified atom stereocenters. The summed E-state index contributed by atoms with van der Waals surface area (Å²) >= 11 is 5.79. The van der Waals surface area contributed by atoms with E-state index in [0.717, 1.165) is 36.2 Å². The number of aromatic nitrogens is 2. The molecule has 1 aliphatic rings. The van der Waals surface area contributed by atoms with E-state index in [-0.39, 0.29) is 5.91 Å². The average Bonchev–Trinajstić information content (AvgIpc) is 2.93. The number of aryl methyl sites for hydroxylation is 1. The van der Waals surface area contributed by atoms with Gasteiger partial charge in [-0.2, -0.15) is 5.10 Å². The number of fused-ring (bicyclic) bond motifs is 1. The molecule has 0 atom stereocenters. The van der Waals surface area contributed by atoms with Crippen LogP contribution < -0.4 is 5.32 Å². The van der Waals surface area contributed by atoms with Crippen LogP contribution in [0.15, 0.2) is 24.3 Å². The summed E-state index contributed by atoms with van der Waals surface area (Å²) in [5, 5.41) is 10.5. The van der Waals surface area contributed by atoms with E-state index in [1.54, 1.807) is 24.3 Å². The molecule has 0 bridgehead atoms. The molecule has 0 fully saturated rings. The molecule has 18 heavy (non-hydrogen) atoms. The van der Waals surface area contributed by atoms with E-state index in [0.29, 0.717) is 10.7 Å². The van der Waals surface area contributed by atoms with Gasteiger partial charge >= 0.3 is 0 Å². The highest BCUT2D eigenvalue weighted by Crippen LogP contribution is 2.23. The van der Waals surface area contributed by atoms with Crippen molar-refractivity contribution in [2.24, 2.45) is 0 Å². The van der Waals surface area contributed by atoms with Crippen molar-refractivity contribution in [3.05, 3.63) is 46.2 Å². The lowest BCUT2D eigenvalue weighted by Gasteiger charge is -2.04. The summed E-state index contributed by atoms with van der Waals surface area (Å²) in [6, 6.07) is 7.03. The second-order valence-corrected chi connectivity index (χ2v) is 4.78. The van der Waals surface area contributed by atoms with Crippen molar-refractivity contribution in [3.8, 4) is 0 Å². The maximum Gasteiger partial charge on any atom is 0.276 e. The molecule has 0 aliphatic heterocycles. The molecule has 0 radical (unpaired) electrons. The van der Waals surface area contributed by atoms with Crippen LogP contribution in [0.4, 0.5) is 5.69 Å². The number of benzene rings is 1. The van der Waals surface area contributed by atoms with E-state index in [2.05, 4.69) is 15.5 Å².